The van der Waals surface area contributed by atoms with Crippen LogP contribution >= 0.6 is 22.6 Å². The maximum Gasteiger partial charge on any atom is 0.131 e. The SMILES string of the molecule is C=C1NN=C(C2CCc3c(c4cc(I)ccc4n3C)C2)N1. The van der Waals surface area contributed by atoms with E-state index in [-0.39, 0.29) is 0 Å². The van der Waals surface area contributed by atoms with Crippen LogP contribution in [0.4, 0.5) is 0 Å². The first-order valence-electron chi connectivity index (χ1n) is 7.18. The Morgan fingerprint density at radius 3 is 3.05 bits per heavy atom. The number of rotatable bonds is 1. The van der Waals surface area contributed by atoms with E-state index in [1.165, 1.54) is 25.7 Å². The van der Waals surface area contributed by atoms with Crippen molar-refractivity contribution in [2.75, 3.05) is 0 Å². The molecule has 4 rings (SSSR count). The highest BCUT2D eigenvalue weighted by atomic mass is 127. The van der Waals surface area contributed by atoms with Crippen LogP contribution in [0.25, 0.3) is 10.9 Å². The lowest BCUT2D eigenvalue weighted by Crippen LogP contribution is -2.30. The number of nitrogens with zero attached hydrogens (tertiary/aromatic N) is 2. The molecule has 1 unspecified atom stereocenters. The molecule has 21 heavy (non-hydrogen) atoms. The van der Waals surface area contributed by atoms with E-state index in [0.717, 1.165) is 30.9 Å². The second-order valence-corrected chi connectivity index (χ2v) is 7.04. The van der Waals surface area contributed by atoms with E-state index in [1.54, 1.807) is 0 Å². The van der Waals surface area contributed by atoms with Crippen molar-refractivity contribution in [2.24, 2.45) is 18.1 Å². The molecule has 0 saturated carbocycles. The zero-order chi connectivity index (χ0) is 14.6. The Kier molecular flexibility index (Phi) is 2.99. The van der Waals surface area contributed by atoms with Crippen molar-refractivity contribution in [3.05, 3.63) is 45.4 Å². The number of hydrazone groups is 1. The minimum absolute atomic E-state index is 0.452. The number of fused-ring (bicyclic) bond motifs is 3. The van der Waals surface area contributed by atoms with Gasteiger partial charge in [-0.05, 0) is 65.6 Å². The predicted octanol–water partition coefficient (Wildman–Crippen LogP) is 2.87. The lowest BCUT2D eigenvalue weighted by molar-refractivity contribution is 0.559. The minimum atomic E-state index is 0.452. The van der Waals surface area contributed by atoms with E-state index in [9.17, 15) is 0 Å². The monoisotopic (exact) mass is 392 g/mol. The maximum absolute atomic E-state index is 4.37. The average molecular weight is 392 g/mol. The summed E-state index contributed by atoms with van der Waals surface area (Å²) in [5.41, 5.74) is 7.23. The Hall–Kier alpha value is -1.50. The van der Waals surface area contributed by atoms with Gasteiger partial charge in [-0.2, -0.15) is 5.10 Å². The Morgan fingerprint density at radius 2 is 2.29 bits per heavy atom. The van der Waals surface area contributed by atoms with Crippen molar-refractivity contribution in [1.29, 1.82) is 0 Å². The van der Waals surface area contributed by atoms with Gasteiger partial charge in [-0.25, -0.2) is 0 Å². The number of nitrogens with one attached hydrogen (secondary N) is 2. The molecule has 1 aromatic heterocycles. The second kappa shape index (κ2) is 4.76. The van der Waals surface area contributed by atoms with E-state index in [1.807, 2.05) is 0 Å². The van der Waals surface area contributed by atoms with Crippen molar-refractivity contribution in [3.63, 3.8) is 0 Å². The molecule has 108 valence electrons. The summed E-state index contributed by atoms with van der Waals surface area (Å²) in [6, 6.07) is 6.72. The standard InChI is InChI=1S/C16H17IN4/c1-9-18-16(20-19-9)10-3-5-14-12(7-10)13-8-11(17)4-6-15(13)21(14)2/h4,6,8,10,19H,1,3,5,7H2,2H3,(H,18,20). The third-order valence-corrected chi connectivity index (χ3v) is 5.23. The van der Waals surface area contributed by atoms with Crippen molar-refractivity contribution in [1.82, 2.24) is 15.3 Å². The Bertz CT molecular complexity index is 787. The fourth-order valence-electron chi connectivity index (χ4n) is 3.52. The lowest BCUT2D eigenvalue weighted by atomic mass is 9.85. The molecular weight excluding hydrogens is 375 g/mol. The molecule has 0 radical (unpaired) electrons. The van der Waals surface area contributed by atoms with E-state index in [2.05, 4.69) is 74.8 Å². The third-order valence-electron chi connectivity index (χ3n) is 4.56. The smallest absolute Gasteiger partial charge is 0.131 e. The van der Waals surface area contributed by atoms with Crippen molar-refractivity contribution in [3.8, 4) is 0 Å². The van der Waals surface area contributed by atoms with Gasteiger partial charge in [0, 0.05) is 33.1 Å². The van der Waals surface area contributed by atoms with Gasteiger partial charge in [0.1, 0.15) is 11.7 Å². The number of benzene rings is 1. The van der Waals surface area contributed by atoms with Crippen LogP contribution in [0.2, 0.25) is 0 Å². The number of aromatic nitrogens is 1. The number of halogens is 1. The van der Waals surface area contributed by atoms with Crippen LogP contribution in [-0.4, -0.2) is 10.4 Å². The molecule has 0 spiro atoms. The van der Waals surface area contributed by atoms with Gasteiger partial charge in [-0.15, -0.1) is 0 Å². The van der Waals surface area contributed by atoms with Crippen molar-refractivity contribution >= 4 is 39.3 Å². The molecule has 1 aromatic carbocycles. The van der Waals surface area contributed by atoms with E-state index >= 15 is 0 Å². The van der Waals surface area contributed by atoms with Gasteiger partial charge in [0.2, 0.25) is 0 Å². The summed E-state index contributed by atoms with van der Waals surface area (Å²) in [4.78, 5) is 0. The third kappa shape index (κ3) is 2.06. The van der Waals surface area contributed by atoms with Crippen LogP contribution in [0, 0.1) is 9.49 Å². The molecule has 0 bridgehead atoms. The van der Waals surface area contributed by atoms with Crippen LogP contribution in [-0.2, 0) is 19.9 Å². The molecule has 4 nitrogen and oxygen atoms in total. The van der Waals surface area contributed by atoms with Gasteiger partial charge in [-0.1, -0.05) is 6.58 Å². The minimum Gasteiger partial charge on any atom is -0.347 e. The summed E-state index contributed by atoms with van der Waals surface area (Å²) in [6.45, 7) is 3.87. The molecule has 2 aromatic rings. The van der Waals surface area contributed by atoms with Gasteiger partial charge in [0.05, 0.1) is 0 Å². The van der Waals surface area contributed by atoms with Crippen LogP contribution in [0.3, 0.4) is 0 Å². The first-order chi connectivity index (χ1) is 10.1. The highest BCUT2D eigenvalue weighted by Gasteiger charge is 2.29. The molecule has 0 fully saturated rings. The molecule has 0 saturated heterocycles. The second-order valence-electron chi connectivity index (χ2n) is 5.80. The molecule has 1 aliphatic carbocycles. The zero-order valence-electron chi connectivity index (χ0n) is 11.9. The van der Waals surface area contributed by atoms with Gasteiger partial charge < -0.3 is 9.88 Å². The first kappa shape index (κ1) is 13.2. The number of amidine groups is 1. The Labute approximate surface area is 137 Å². The van der Waals surface area contributed by atoms with Gasteiger partial charge in [0.15, 0.2) is 0 Å². The van der Waals surface area contributed by atoms with Gasteiger partial charge >= 0.3 is 0 Å². The van der Waals surface area contributed by atoms with Crippen molar-refractivity contribution in [2.45, 2.75) is 19.3 Å². The quantitative estimate of drug-likeness (QED) is 0.733. The molecule has 2 heterocycles. The summed E-state index contributed by atoms with van der Waals surface area (Å²) in [5, 5.41) is 9.02. The molecule has 5 heteroatoms. The summed E-state index contributed by atoms with van der Waals surface area (Å²) >= 11 is 2.39. The van der Waals surface area contributed by atoms with Crippen LogP contribution in [0.5, 0.6) is 0 Å². The summed E-state index contributed by atoms with van der Waals surface area (Å²) < 4.78 is 3.65. The van der Waals surface area contributed by atoms with Crippen LogP contribution < -0.4 is 10.7 Å². The molecule has 2 aliphatic rings. The summed E-state index contributed by atoms with van der Waals surface area (Å²) in [5.74, 6) is 2.27. The Balaban J connectivity index is 1.77. The van der Waals surface area contributed by atoms with E-state index in [0.29, 0.717) is 5.92 Å². The van der Waals surface area contributed by atoms with Crippen LogP contribution in [0.15, 0.2) is 35.7 Å². The molecular formula is C16H17IN4. The van der Waals surface area contributed by atoms with Gasteiger partial charge in [-0.3, -0.25) is 5.43 Å². The highest BCUT2D eigenvalue weighted by Crippen LogP contribution is 2.35. The van der Waals surface area contributed by atoms with E-state index in [4.69, 9.17) is 0 Å². The summed E-state index contributed by atoms with van der Waals surface area (Å²) in [6.07, 6.45) is 3.29. The van der Waals surface area contributed by atoms with Crippen molar-refractivity contribution < 1.29 is 0 Å². The highest BCUT2D eigenvalue weighted by molar-refractivity contribution is 14.1. The normalized spacial score (nSPS) is 21.0. The number of hydrogen-bond donors (Lipinski definition) is 2. The number of hydrogen-bond acceptors (Lipinski definition) is 3. The topological polar surface area (TPSA) is 41.4 Å². The largest absolute Gasteiger partial charge is 0.347 e. The molecule has 1 aliphatic heterocycles. The first-order valence-corrected chi connectivity index (χ1v) is 8.26. The lowest BCUT2D eigenvalue weighted by Gasteiger charge is -2.23. The average Bonchev–Trinajstić information content (AvgIpc) is 3.02. The summed E-state index contributed by atoms with van der Waals surface area (Å²) in [7, 11) is 2.18. The zero-order valence-corrected chi connectivity index (χ0v) is 14.1. The molecule has 1 atom stereocenters. The maximum atomic E-state index is 4.37. The Morgan fingerprint density at radius 1 is 1.43 bits per heavy atom. The number of aryl methyl sites for hydroxylation is 1. The fraction of sp³-hybridized carbons (Fsp3) is 0.312. The molecule has 2 N–H and O–H groups in total. The fourth-order valence-corrected chi connectivity index (χ4v) is 4.01. The predicted molar refractivity (Wildman–Crippen MR) is 94.0 cm³/mol. The van der Waals surface area contributed by atoms with Gasteiger partial charge in [0.25, 0.3) is 0 Å². The molecule has 0 amide bonds. The van der Waals surface area contributed by atoms with E-state index < -0.39 is 0 Å². The van der Waals surface area contributed by atoms with Crippen LogP contribution in [0.1, 0.15) is 17.7 Å².